The van der Waals surface area contributed by atoms with E-state index in [4.69, 9.17) is 0 Å². The Morgan fingerprint density at radius 3 is 2.93 bits per heavy atom. The van der Waals surface area contributed by atoms with Crippen LogP contribution in [-0.2, 0) is 6.42 Å². The molecule has 0 saturated heterocycles. The molecule has 1 rings (SSSR count). The van der Waals surface area contributed by atoms with E-state index >= 15 is 0 Å². The summed E-state index contributed by atoms with van der Waals surface area (Å²) in [4.78, 5) is 8.36. The molecule has 4 heteroatoms. The summed E-state index contributed by atoms with van der Waals surface area (Å²) in [5.74, 6) is 2.79. The molecular formula is C11H19N3S. The lowest BCUT2D eigenvalue weighted by Gasteiger charge is -2.11. The van der Waals surface area contributed by atoms with Gasteiger partial charge < -0.3 is 5.32 Å². The minimum Gasteiger partial charge on any atom is -0.370 e. The van der Waals surface area contributed by atoms with E-state index in [1.54, 1.807) is 6.33 Å². The van der Waals surface area contributed by atoms with Gasteiger partial charge in [0.25, 0.3) is 0 Å². The van der Waals surface area contributed by atoms with Gasteiger partial charge in [-0.05, 0) is 24.3 Å². The highest BCUT2D eigenvalue weighted by molar-refractivity contribution is 7.98. The SMILES string of the molecule is CCc1cc(NCC(C)CSC)ncn1. The molecule has 1 unspecified atom stereocenters. The van der Waals surface area contributed by atoms with Gasteiger partial charge in [0, 0.05) is 18.3 Å². The van der Waals surface area contributed by atoms with Crippen LogP contribution in [0.15, 0.2) is 12.4 Å². The van der Waals surface area contributed by atoms with Gasteiger partial charge in [0.05, 0.1) is 0 Å². The second kappa shape index (κ2) is 6.67. The third kappa shape index (κ3) is 4.51. The smallest absolute Gasteiger partial charge is 0.129 e. The molecule has 0 aromatic carbocycles. The number of rotatable bonds is 6. The first-order chi connectivity index (χ1) is 7.26. The number of hydrogen-bond donors (Lipinski definition) is 1. The van der Waals surface area contributed by atoms with Crippen LogP contribution in [0.1, 0.15) is 19.5 Å². The van der Waals surface area contributed by atoms with Gasteiger partial charge in [-0.15, -0.1) is 0 Å². The highest BCUT2D eigenvalue weighted by Crippen LogP contribution is 2.08. The van der Waals surface area contributed by atoms with Crippen molar-refractivity contribution in [1.82, 2.24) is 9.97 Å². The first-order valence-electron chi connectivity index (χ1n) is 5.30. The predicted octanol–water partition coefficient (Wildman–Crippen LogP) is 2.45. The Hall–Kier alpha value is -0.770. The van der Waals surface area contributed by atoms with E-state index in [0.29, 0.717) is 5.92 Å². The van der Waals surface area contributed by atoms with Crippen molar-refractivity contribution in [3.8, 4) is 0 Å². The third-order valence-corrected chi connectivity index (χ3v) is 3.07. The summed E-state index contributed by atoms with van der Waals surface area (Å²) >= 11 is 1.88. The highest BCUT2D eigenvalue weighted by Gasteiger charge is 2.01. The molecule has 0 radical (unpaired) electrons. The number of nitrogens with one attached hydrogen (secondary N) is 1. The molecule has 84 valence electrons. The molecule has 0 saturated carbocycles. The Kier molecular flexibility index (Phi) is 5.47. The van der Waals surface area contributed by atoms with Crippen molar-refractivity contribution in [2.24, 2.45) is 5.92 Å². The number of anilines is 1. The Labute approximate surface area is 96.1 Å². The summed E-state index contributed by atoms with van der Waals surface area (Å²) in [6.07, 6.45) is 4.72. The Bertz CT molecular complexity index is 291. The maximum Gasteiger partial charge on any atom is 0.129 e. The first kappa shape index (κ1) is 12.3. The van der Waals surface area contributed by atoms with Crippen molar-refractivity contribution in [1.29, 1.82) is 0 Å². The van der Waals surface area contributed by atoms with Gasteiger partial charge in [-0.3, -0.25) is 0 Å². The lowest BCUT2D eigenvalue weighted by Crippen LogP contribution is -2.14. The monoisotopic (exact) mass is 225 g/mol. The Morgan fingerprint density at radius 1 is 1.47 bits per heavy atom. The van der Waals surface area contributed by atoms with Gasteiger partial charge >= 0.3 is 0 Å². The predicted molar refractivity (Wildman–Crippen MR) is 67.4 cm³/mol. The molecule has 0 aliphatic heterocycles. The fraction of sp³-hybridized carbons (Fsp3) is 0.636. The van der Waals surface area contributed by atoms with Gasteiger partial charge in [0.1, 0.15) is 12.1 Å². The maximum atomic E-state index is 4.19. The minimum absolute atomic E-state index is 0.667. The topological polar surface area (TPSA) is 37.8 Å². The average Bonchev–Trinajstić information content (AvgIpc) is 2.27. The molecule has 0 aliphatic rings. The van der Waals surface area contributed by atoms with Crippen molar-refractivity contribution < 1.29 is 0 Å². The van der Waals surface area contributed by atoms with E-state index in [9.17, 15) is 0 Å². The normalized spacial score (nSPS) is 12.5. The molecule has 1 N–H and O–H groups in total. The molecule has 1 aromatic heterocycles. The molecule has 1 aromatic rings. The van der Waals surface area contributed by atoms with E-state index in [0.717, 1.165) is 24.5 Å². The molecule has 1 atom stereocenters. The van der Waals surface area contributed by atoms with Crippen molar-refractivity contribution in [2.75, 3.05) is 23.9 Å². The highest BCUT2D eigenvalue weighted by atomic mass is 32.2. The van der Waals surface area contributed by atoms with Crippen LogP contribution in [0.4, 0.5) is 5.82 Å². The summed E-state index contributed by atoms with van der Waals surface area (Å²) in [5.41, 5.74) is 1.09. The summed E-state index contributed by atoms with van der Waals surface area (Å²) in [5, 5.41) is 3.34. The van der Waals surface area contributed by atoms with E-state index in [1.807, 2.05) is 17.8 Å². The minimum atomic E-state index is 0.667. The van der Waals surface area contributed by atoms with E-state index in [1.165, 1.54) is 5.75 Å². The molecule has 1 heterocycles. The number of aromatic nitrogens is 2. The number of aryl methyl sites for hydroxylation is 1. The number of thioether (sulfide) groups is 1. The summed E-state index contributed by atoms with van der Waals surface area (Å²) in [6.45, 7) is 5.31. The van der Waals surface area contributed by atoms with Crippen LogP contribution in [0, 0.1) is 5.92 Å². The van der Waals surface area contributed by atoms with Crippen molar-refractivity contribution in [3.05, 3.63) is 18.1 Å². The quantitative estimate of drug-likeness (QED) is 0.807. The van der Waals surface area contributed by atoms with Gasteiger partial charge in [0.15, 0.2) is 0 Å². The fourth-order valence-electron chi connectivity index (χ4n) is 1.31. The molecule has 0 aliphatic carbocycles. The van der Waals surface area contributed by atoms with Crippen LogP contribution in [0.2, 0.25) is 0 Å². The van der Waals surface area contributed by atoms with Crippen molar-refractivity contribution in [3.63, 3.8) is 0 Å². The second-order valence-electron chi connectivity index (χ2n) is 3.69. The van der Waals surface area contributed by atoms with Gasteiger partial charge in [0.2, 0.25) is 0 Å². The summed E-state index contributed by atoms with van der Waals surface area (Å²) in [7, 11) is 0. The molecule has 0 fully saturated rings. The van der Waals surface area contributed by atoms with Crippen molar-refractivity contribution in [2.45, 2.75) is 20.3 Å². The Balaban J connectivity index is 2.43. The van der Waals surface area contributed by atoms with Crippen LogP contribution in [0.5, 0.6) is 0 Å². The summed E-state index contributed by atoms with van der Waals surface area (Å²) in [6, 6.07) is 2.02. The zero-order valence-electron chi connectivity index (χ0n) is 9.66. The first-order valence-corrected chi connectivity index (χ1v) is 6.69. The number of nitrogens with zero attached hydrogens (tertiary/aromatic N) is 2. The number of hydrogen-bond acceptors (Lipinski definition) is 4. The molecular weight excluding hydrogens is 206 g/mol. The average molecular weight is 225 g/mol. The fourth-order valence-corrected chi connectivity index (χ4v) is 2.00. The van der Waals surface area contributed by atoms with E-state index in [-0.39, 0.29) is 0 Å². The zero-order valence-corrected chi connectivity index (χ0v) is 10.5. The largest absolute Gasteiger partial charge is 0.370 e. The lowest BCUT2D eigenvalue weighted by molar-refractivity contribution is 0.699. The maximum absolute atomic E-state index is 4.19. The van der Waals surface area contributed by atoms with Crippen LogP contribution in [0.3, 0.4) is 0 Å². The van der Waals surface area contributed by atoms with Gasteiger partial charge in [-0.2, -0.15) is 11.8 Å². The third-order valence-electron chi connectivity index (χ3n) is 2.17. The lowest BCUT2D eigenvalue weighted by atomic mass is 10.2. The van der Waals surface area contributed by atoms with E-state index < -0.39 is 0 Å². The molecule has 15 heavy (non-hydrogen) atoms. The molecule has 3 nitrogen and oxygen atoms in total. The molecule has 0 spiro atoms. The van der Waals surface area contributed by atoms with Crippen LogP contribution >= 0.6 is 11.8 Å². The molecule has 0 bridgehead atoms. The zero-order chi connectivity index (χ0) is 11.1. The standard InChI is InChI=1S/C11H19N3S/c1-4-10-5-11(14-8-13-10)12-6-9(2)7-15-3/h5,8-9H,4,6-7H2,1-3H3,(H,12,13,14). The van der Waals surface area contributed by atoms with Crippen LogP contribution < -0.4 is 5.32 Å². The Morgan fingerprint density at radius 2 is 2.27 bits per heavy atom. The van der Waals surface area contributed by atoms with Gasteiger partial charge in [-0.25, -0.2) is 9.97 Å². The van der Waals surface area contributed by atoms with Gasteiger partial charge in [-0.1, -0.05) is 13.8 Å². The summed E-state index contributed by atoms with van der Waals surface area (Å²) < 4.78 is 0. The van der Waals surface area contributed by atoms with Crippen LogP contribution in [0.25, 0.3) is 0 Å². The van der Waals surface area contributed by atoms with Crippen LogP contribution in [-0.4, -0.2) is 28.5 Å². The second-order valence-corrected chi connectivity index (χ2v) is 4.60. The van der Waals surface area contributed by atoms with Crippen molar-refractivity contribution >= 4 is 17.6 Å². The van der Waals surface area contributed by atoms with E-state index in [2.05, 4.69) is 35.4 Å². The molecule has 0 amide bonds.